The zero-order valence-corrected chi connectivity index (χ0v) is 16.6. The van der Waals surface area contributed by atoms with Crippen molar-refractivity contribution in [1.82, 2.24) is 20.2 Å². The van der Waals surface area contributed by atoms with Gasteiger partial charge in [0.15, 0.2) is 0 Å². The number of nitrogens with zero attached hydrogens (tertiary/aromatic N) is 3. The molecule has 1 aliphatic heterocycles. The van der Waals surface area contributed by atoms with Gasteiger partial charge < -0.3 is 5.32 Å². The van der Waals surface area contributed by atoms with E-state index in [4.69, 9.17) is 0 Å². The fourth-order valence-corrected chi connectivity index (χ4v) is 3.58. The van der Waals surface area contributed by atoms with E-state index in [9.17, 15) is 4.79 Å². The summed E-state index contributed by atoms with van der Waals surface area (Å²) in [7, 11) is 0. The molecule has 27 heavy (non-hydrogen) atoms. The average Bonchev–Trinajstić information content (AvgIpc) is 2.67. The van der Waals surface area contributed by atoms with E-state index in [1.54, 1.807) is 6.20 Å². The van der Waals surface area contributed by atoms with Gasteiger partial charge >= 0.3 is 0 Å². The quantitative estimate of drug-likeness (QED) is 0.878. The van der Waals surface area contributed by atoms with Crippen LogP contribution in [0.1, 0.15) is 51.0 Å². The standard InChI is InChI=1S/C22H30N4O/c1-22(2,3)21(27)25-20(19-11-5-7-13-24-19)17-9-8-14-26(15-17)16-18-10-4-6-12-23-18/h4-7,10-13,17,20H,8-9,14-16H2,1-3H3,(H,25,27)/t17-,20-/m1/s1. The number of hydrogen-bond donors (Lipinski definition) is 1. The number of pyridine rings is 2. The van der Waals surface area contributed by atoms with Gasteiger partial charge in [0, 0.05) is 30.9 Å². The molecule has 144 valence electrons. The van der Waals surface area contributed by atoms with Gasteiger partial charge in [-0.15, -0.1) is 0 Å². The maximum absolute atomic E-state index is 12.7. The first kappa shape index (κ1) is 19.5. The van der Waals surface area contributed by atoms with Gasteiger partial charge in [0.05, 0.1) is 17.4 Å². The Bertz CT molecular complexity index is 727. The molecule has 0 saturated carbocycles. The Labute approximate surface area is 162 Å². The Morgan fingerprint density at radius 1 is 1.19 bits per heavy atom. The van der Waals surface area contributed by atoms with Crippen molar-refractivity contribution in [1.29, 1.82) is 0 Å². The largest absolute Gasteiger partial charge is 0.347 e. The first-order valence-corrected chi connectivity index (χ1v) is 9.77. The summed E-state index contributed by atoms with van der Waals surface area (Å²) in [4.78, 5) is 24.2. The lowest BCUT2D eigenvalue weighted by atomic mass is 9.86. The van der Waals surface area contributed by atoms with Crippen LogP contribution in [-0.4, -0.2) is 33.9 Å². The maximum Gasteiger partial charge on any atom is 0.225 e. The zero-order valence-electron chi connectivity index (χ0n) is 16.6. The smallest absolute Gasteiger partial charge is 0.225 e. The molecule has 2 atom stereocenters. The first-order valence-electron chi connectivity index (χ1n) is 9.77. The molecule has 0 radical (unpaired) electrons. The number of aromatic nitrogens is 2. The molecule has 1 amide bonds. The van der Waals surface area contributed by atoms with E-state index in [1.165, 1.54) is 0 Å². The minimum Gasteiger partial charge on any atom is -0.347 e. The van der Waals surface area contributed by atoms with Crippen molar-refractivity contribution in [2.75, 3.05) is 13.1 Å². The summed E-state index contributed by atoms with van der Waals surface area (Å²) < 4.78 is 0. The molecule has 0 spiro atoms. The number of nitrogens with one attached hydrogen (secondary N) is 1. The molecule has 3 heterocycles. The topological polar surface area (TPSA) is 58.1 Å². The van der Waals surface area contributed by atoms with Gasteiger partial charge in [-0.2, -0.15) is 0 Å². The number of hydrogen-bond acceptors (Lipinski definition) is 4. The monoisotopic (exact) mass is 366 g/mol. The fraction of sp³-hybridized carbons (Fsp3) is 0.500. The molecule has 2 aromatic rings. The normalized spacial score (nSPS) is 19.4. The molecular weight excluding hydrogens is 336 g/mol. The Morgan fingerprint density at radius 2 is 1.93 bits per heavy atom. The lowest BCUT2D eigenvalue weighted by molar-refractivity contribution is -0.130. The number of rotatable bonds is 5. The van der Waals surface area contributed by atoms with Gasteiger partial charge in [-0.25, -0.2) is 0 Å². The minimum atomic E-state index is -0.421. The lowest BCUT2D eigenvalue weighted by Crippen LogP contribution is -2.45. The summed E-state index contributed by atoms with van der Waals surface area (Å²) in [5.41, 5.74) is 1.61. The summed E-state index contributed by atoms with van der Waals surface area (Å²) in [6.45, 7) is 8.70. The second kappa shape index (κ2) is 8.61. The third-order valence-corrected chi connectivity index (χ3v) is 5.10. The van der Waals surface area contributed by atoms with Gasteiger partial charge in [-0.1, -0.05) is 32.9 Å². The summed E-state index contributed by atoms with van der Waals surface area (Å²) in [5, 5.41) is 3.28. The molecule has 1 fully saturated rings. The highest BCUT2D eigenvalue weighted by Crippen LogP contribution is 2.30. The highest BCUT2D eigenvalue weighted by atomic mass is 16.2. The van der Waals surface area contributed by atoms with Crippen molar-refractivity contribution in [3.05, 3.63) is 60.2 Å². The number of carbonyl (C=O) groups excluding carboxylic acids is 1. The predicted octanol–water partition coefficient (Wildman–Crippen LogP) is 3.59. The molecule has 1 N–H and O–H groups in total. The fourth-order valence-electron chi connectivity index (χ4n) is 3.58. The average molecular weight is 367 g/mol. The second-order valence-electron chi connectivity index (χ2n) is 8.41. The zero-order chi connectivity index (χ0) is 19.3. The van der Waals surface area contributed by atoms with E-state index >= 15 is 0 Å². The van der Waals surface area contributed by atoms with Gasteiger partial charge in [0.25, 0.3) is 0 Å². The highest BCUT2D eigenvalue weighted by Gasteiger charge is 2.33. The molecule has 2 aromatic heterocycles. The predicted molar refractivity (Wildman–Crippen MR) is 107 cm³/mol. The molecule has 5 nitrogen and oxygen atoms in total. The van der Waals surface area contributed by atoms with Crippen LogP contribution in [0.2, 0.25) is 0 Å². The molecule has 1 saturated heterocycles. The van der Waals surface area contributed by atoms with Crippen LogP contribution >= 0.6 is 0 Å². The first-order chi connectivity index (χ1) is 12.9. The van der Waals surface area contributed by atoms with Gasteiger partial charge in [-0.3, -0.25) is 19.7 Å². The summed E-state index contributed by atoms with van der Waals surface area (Å²) in [6, 6.07) is 11.9. The molecular formula is C22H30N4O. The second-order valence-corrected chi connectivity index (χ2v) is 8.41. The van der Waals surface area contributed by atoms with Crippen molar-refractivity contribution in [3.8, 4) is 0 Å². The van der Waals surface area contributed by atoms with E-state index in [2.05, 4.69) is 26.3 Å². The number of amides is 1. The SMILES string of the molecule is CC(C)(C)C(=O)N[C@@H](c1ccccn1)[C@@H]1CCCN(Cc2ccccn2)C1. The van der Waals surface area contributed by atoms with E-state index in [0.29, 0.717) is 5.92 Å². The molecule has 0 unspecified atom stereocenters. The van der Waals surface area contributed by atoms with Crippen molar-refractivity contribution < 1.29 is 4.79 Å². The van der Waals surface area contributed by atoms with Crippen LogP contribution < -0.4 is 5.32 Å². The van der Waals surface area contributed by atoms with E-state index in [0.717, 1.165) is 43.9 Å². The van der Waals surface area contributed by atoms with Crippen LogP contribution in [0.5, 0.6) is 0 Å². The maximum atomic E-state index is 12.7. The summed E-state index contributed by atoms with van der Waals surface area (Å²) >= 11 is 0. The third-order valence-electron chi connectivity index (χ3n) is 5.10. The van der Waals surface area contributed by atoms with Crippen LogP contribution in [-0.2, 0) is 11.3 Å². The van der Waals surface area contributed by atoms with E-state index in [-0.39, 0.29) is 11.9 Å². The summed E-state index contributed by atoms with van der Waals surface area (Å²) in [5.74, 6) is 0.406. The van der Waals surface area contributed by atoms with Crippen LogP contribution in [0.4, 0.5) is 0 Å². The molecule has 0 aromatic carbocycles. The van der Waals surface area contributed by atoms with Crippen molar-refractivity contribution in [2.45, 2.75) is 46.2 Å². The Balaban J connectivity index is 1.76. The number of carbonyl (C=O) groups is 1. The van der Waals surface area contributed by atoms with Crippen molar-refractivity contribution in [2.24, 2.45) is 11.3 Å². The van der Waals surface area contributed by atoms with E-state index in [1.807, 2.05) is 57.3 Å². The van der Waals surface area contributed by atoms with Gasteiger partial charge in [-0.05, 0) is 49.6 Å². The van der Waals surface area contributed by atoms with Crippen molar-refractivity contribution >= 4 is 5.91 Å². The number of likely N-dealkylation sites (tertiary alicyclic amines) is 1. The van der Waals surface area contributed by atoms with Gasteiger partial charge in [0.1, 0.15) is 0 Å². The van der Waals surface area contributed by atoms with Crippen LogP contribution in [0, 0.1) is 11.3 Å². The minimum absolute atomic E-state index is 0.0653. The Morgan fingerprint density at radius 3 is 2.56 bits per heavy atom. The Hall–Kier alpha value is -2.27. The van der Waals surface area contributed by atoms with Crippen LogP contribution in [0.3, 0.4) is 0 Å². The molecule has 5 heteroatoms. The van der Waals surface area contributed by atoms with Crippen LogP contribution in [0.25, 0.3) is 0 Å². The molecule has 0 bridgehead atoms. The highest BCUT2D eigenvalue weighted by molar-refractivity contribution is 5.81. The van der Waals surface area contributed by atoms with Crippen molar-refractivity contribution in [3.63, 3.8) is 0 Å². The molecule has 1 aliphatic rings. The lowest BCUT2D eigenvalue weighted by Gasteiger charge is -2.37. The number of piperidine rings is 1. The molecule has 3 rings (SSSR count). The van der Waals surface area contributed by atoms with Crippen LogP contribution in [0.15, 0.2) is 48.8 Å². The molecule has 0 aliphatic carbocycles. The third kappa shape index (κ3) is 5.36. The van der Waals surface area contributed by atoms with Gasteiger partial charge in [0.2, 0.25) is 5.91 Å². The Kier molecular flexibility index (Phi) is 6.22. The summed E-state index contributed by atoms with van der Waals surface area (Å²) in [6.07, 6.45) is 5.85. The van der Waals surface area contributed by atoms with E-state index < -0.39 is 5.41 Å².